The number of nitrogens with zero attached hydrogens (tertiary/aromatic N) is 1. The summed E-state index contributed by atoms with van der Waals surface area (Å²) in [5, 5.41) is 2.58. The van der Waals surface area contributed by atoms with Crippen molar-refractivity contribution in [3.63, 3.8) is 0 Å². The van der Waals surface area contributed by atoms with Crippen molar-refractivity contribution in [2.45, 2.75) is 16.2 Å². The molecule has 0 aromatic heterocycles. The van der Waals surface area contributed by atoms with Crippen LogP contribution in [0.3, 0.4) is 0 Å². The van der Waals surface area contributed by atoms with Gasteiger partial charge in [-0.3, -0.25) is 6.08 Å². The minimum Gasteiger partial charge on any atom is -1.00 e. The van der Waals surface area contributed by atoms with Gasteiger partial charge in [0.2, 0.25) is 0 Å². The summed E-state index contributed by atoms with van der Waals surface area (Å²) in [6.07, 6.45) is 10.0. The second-order valence-electron chi connectivity index (χ2n) is 6.72. The standard InChI is InChI=1S/C21H14NS.C5H5.2ClH.Hf/c1-2-8-16-14-17(13-15(16)7-1)22-18-9-3-5-11-20(18)23-21-12-6-4-10-19(21)22;1-2-4-5-3-1;;;/h1-14H;1-3H,4H2;2*1H;/q2*-1;;;+4/p-2. The van der Waals surface area contributed by atoms with Crippen LogP contribution in [-0.2, 0) is 25.8 Å². The first kappa shape index (κ1) is 25.6. The Morgan fingerprint density at radius 3 is 1.97 bits per heavy atom. The first-order valence-electron chi connectivity index (χ1n) is 9.43. The number of fused-ring (bicyclic) bond motifs is 3. The van der Waals surface area contributed by atoms with E-state index >= 15 is 0 Å². The molecule has 0 atom stereocenters. The van der Waals surface area contributed by atoms with Gasteiger partial charge < -0.3 is 29.7 Å². The van der Waals surface area contributed by atoms with Gasteiger partial charge in [0.15, 0.2) is 0 Å². The Morgan fingerprint density at radius 2 is 1.42 bits per heavy atom. The van der Waals surface area contributed by atoms with Crippen LogP contribution >= 0.6 is 11.8 Å². The van der Waals surface area contributed by atoms with Gasteiger partial charge in [0.05, 0.1) is 11.4 Å². The first-order valence-corrected chi connectivity index (χ1v) is 10.2. The quantitative estimate of drug-likeness (QED) is 0.206. The van der Waals surface area contributed by atoms with E-state index in [2.05, 4.69) is 102 Å². The summed E-state index contributed by atoms with van der Waals surface area (Å²) < 4.78 is 0. The predicted octanol–water partition coefficient (Wildman–Crippen LogP) is 1.80. The third-order valence-electron chi connectivity index (χ3n) is 4.88. The van der Waals surface area contributed by atoms with Crippen molar-refractivity contribution in [3.8, 4) is 0 Å². The minimum absolute atomic E-state index is 0. The molecular weight excluding hydrogens is 608 g/mol. The van der Waals surface area contributed by atoms with Crippen molar-refractivity contribution in [2.24, 2.45) is 0 Å². The fourth-order valence-corrected chi connectivity index (χ4v) is 4.64. The fourth-order valence-electron chi connectivity index (χ4n) is 3.59. The predicted molar refractivity (Wildman–Crippen MR) is 120 cm³/mol. The molecule has 1 heterocycles. The van der Waals surface area contributed by atoms with Crippen molar-refractivity contribution in [1.29, 1.82) is 0 Å². The number of rotatable bonds is 1. The molecule has 1 aliphatic heterocycles. The van der Waals surface area contributed by atoms with Crippen LogP contribution in [0.4, 0.5) is 17.1 Å². The average Bonchev–Trinajstić information content (AvgIpc) is 3.44. The Bertz CT molecular complexity index is 1110. The molecule has 5 heteroatoms. The smallest absolute Gasteiger partial charge is 1.00 e. The fraction of sp³-hybridized carbons (Fsp3) is 0.0385. The first-order chi connectivity index (χ1) is 13.9. The van der Waals surface area contributed by atoms with Crippen molar-refractivity contribution in [1.82, 2.24) is 0 Å². The van der Waals surface area contributed by atoms with Crippen molar-refractivity contribution in [2.75, 3.05) is 4.90 Å². The van der Waals surface area contributed by atoms with Gasteiger partial charge in [-0.25, -0.2) is 12.2 Å². The molecule has 152 valence electrons. The molecule has 1 aliphatic carbocycles. The summed E-state index contributed by atoms with van der Waals surface area (Å²) in [4.78, 5) is 4.98. The molecule has 0 amide bonds. The van der Waals surface area contributed by atoms with E-state index < -0.39 is 0 Å². The van der Waals surface area contributed by atoms with Crippen LogP contribution in [0, 0.1) is 6.08 Å². The van der Waals surface area contributed by atoms with Crippen molar-refractivity contribution < 1.29 is 50.7 Å². The maximum absolute atomic E-state index is 2.99. The molecule has 0 fully saturated rings. The van der Waals surface area contributed by atoms with E-state index in [9.17, 15) is 0 Å². The van der Waals surface area contributed by atoms with Gasteiger partial charge in [-0.05, 0) is 30.0 Å². The van der Waals surface area contributed by atoms with Gasteiger partial charge in [0.1, 0.15) is 0 Å². The Balaban J connectivity index is 0.000000381. The zero-order valence-corrected chi connectivity index (χ0v) is 22.6. The average molecular weight is 627 g/mol. The summed E-state index contributed by atoms with van der Waals surface area (Å²) >= 11 is 1.85. The molecule has 0 saturated carbocycles. The monoisotopic (exact) mass is 627 g/mol. The topological polar surface area (TPSA) is 3.24 Å². The molecule has 0 radical (unpaired) electrons. The van der Waals surface area contributed by atoms with E-state index in [-0.39, 0.29) is 50.7 Å². The molecule has 1 nitrogen and oxygen atoms in total. The van der Waals surface area contributed by atoms with Gasteiger partial charge in [0, 0.05) is 9.79 Å². The maximum Gasteiger partial charge on any atom is 4.00 e. The molecule has 0 saturated heterocycles. The van der Waals surface area contributed by atoms with E-state index in [1.54, 1.807) is 0 Å². The Labute approximate surface area is 219 Å². The van der Waals surface area contributed by atoms with Crippen LogP contribution in [0.15, 0.2) is 113 Å². The molecule has 31 heavy (non-hydrogen) atoms. The van der Waals surface area contributed by atoms with E-state index in [0.29, 0.717) is 0 Å². The number of allylic oxidation sites excluding steroid dienone is 4. The number of anilines is 3. The van der Waals surface area contributed by atoms with E-state index in [1.807, 2.05) is 23.9 Å². The molecule has 6 rings (SSSR count). The van der Waals surface area contributed by atoms with Gasteiger partial charge in [0.25, 0.3) is 0 Å². The van der Waals surface area contributed by atoms with Gasteiger partial charge in [-0.1, -0.05) is 42.1 Å². The molecule has 0 bridgehead atoms. The maximum atomic E-state index is 2.99. The number of hydrogen-bond acceptors (Lipinski definition) is 2. The third-order valence-corrected chi connectivity index (χ3v) is 6.01. The number of hydrogen-bond donors (Lipinski definition) is 0. The Kier molecular flexibility index (Phi) is 9.77. The molecule has 4 aromatic carbocycles. The minimum atomic E-state index is 0. The molecule has 0 N–H and O–H groups in total. The van der Waals surface area contributed by atoms with E-state index in [0.717, 1.165) is 6.42 Å². The summed E-state index contributed by atoms with van der Waals surface area (Å²) in [6, 6.07) is 30.4. The second kappa shape index (κ2) is 11.8. The zero-order chi connectivity index (χ0) is 18.8. The van der Waals surface area contributed by atoms with Crippen LogP contribution < -0.4 is 29.7 Å². The van der Waals surface area contributed by atoms with Crippen molar-refractivity contribution >= 4 is 39.6 Å². The van der Waals surface area contributed by atoms with E-state index in [4.69, 9.17) is 0 Å². The van der Waals surface area contributed by atoms with Crippen LogP contribution in [0.2, 0.25) is 0 Å². The summed E-state index contributed by atoms with van der Waals surface area (Å²) in [7, 11) is 0. The van der Waals surface area contributed by atoms with Crippen LogP contribution in [0.25, 0.3) is 10.8 Å². The Morgan fingerprint density at radius 1 is 0.806 bits per heavy atom. The zero-order valence-electron chi connectivity index (χ0n) is 16.6. The number of para-hydroxylation sites is 2. The normalized spacial score (nSPS) is 12.5. The number of halogens is 2. The summed E-state index contributed by atoms with van der Waals surface area (Å²) in [5.41, 5.74) is 3.74. The van der Waals surface area contributed by atoms with Gasteiger partial charge in [-0.15, -0.1) is 47.5 Å². The van der Waals surface area contributed by atoms with E-state index in [1.165, 1.54) is 37.6 Å². The second-order valence-corrected chi connectivity index (χ2v) is 7.80. The molecular formula is C26H19Cl2HfNS. The number of benzene rings is 3. The van der Waals surface area contributed by atoms with Gasteiger partial charge >= 0.3 is 25.8 Å². The molecule has 0 unspecified atom stereocenters. The summed E-state index contributed by atoms with van der Waals surface area (Å²) in [5.74, 6) is 0. The van der Waals surface area contributed by atoms with Crippen LogP contribution in [-0.4, -0.2) is 0 Å². The largest absolute Gasteiger partial charge is 4.00 e. The molecule has 2 aliphatic rings. The Hall–Kier alpha value is -1.65. The van der Waals surface area contributed by atoms with Crippen molar-refractivity contribution in [3.05, 3.63) is 109 Å². The summed E-state index contributed by atoms with van der Waals surface area (Å²) in [6.45, 7) is 0. The third kappa shape index (κ3) is 5.40. The molecule has 0 spiro atoms. The van der Waals surface area contributed by atoms with Crippen LogP contribution in [0.5, 0.6) is 0 Å². The molecule has 4 aromatic rings. The van der Waals surface area contributed by atoms with Crippen LogP contribution in [0.1, 0.15) is 6.42 Å². The van der Waals surface area contributed by atoms with Gasteiger partial charge in [-0.2, -0.15) is 6.08 Å². The SMILES string of the molecule is [C-]1=CC=CC1.[Cl-].[Cl-].[Hf+4].c1ccc2c(c1)Sc1ccccc1N2c1cc2ccccc2[cH-]1.